The average molecular weight is 419 g/mol. The first kappa shape index (κ1) is 15.9. The molecule has 5 heteroatoms. The summed E-state index contributed by atoms with van der Waals surface area (Å²) in [6.07, 6.45) is 0. The van der Waals surface area contributed by atoms with Gasteiger partial charge in [0.05, 0.1) is 10.4 Å². The fourth-order valence-electron chi connectivity index (χ4n) is 1.63. The Labute approximate surface area is 140 Å². The summed E-state index contributed by atoms with van der Waals surface area (Å²) in [6.45, 7) is 5.85. The number of thiophene rings is 1. The molecule has 1 heterocycles. The number of anilines is 1. The van der Waals surface area contributed by atoms with Gasteiger partial charge in [-0.25, -0.2) is 0 Å². The third-order valence-corrected chi connectivity index (χ3v) is 5.84. The van der Waals surface area contributed by atoms with Gasteiger partial charge in [0.1, 0.15) is 5.75 Å². The van der Waals surface area contributed by atoms with Crippen LogP contribution < -0.4 is 10.1 Å². The Morgan fingerprint density at radius 1 is 1.25 bits per heavy atom. The molecule has 0 unspecified atom stereocenters. The van der Waals surface area contributed by atoms with Crippen molar-refractivity contribution in [2.45, 2.75) is 20.4 Å². The van der Waals surface area contributed by atoms with Crippen molar-refractivity contribution in [3.8, 4) is 5.75 Å². The van der Waals surface area contributed by atoms with Gasteiger partial charge in [-0.2, -0.15) is 0 Å². The maximum atomic E-state index is 5.73. The number of halogens is 2. The second-order valence-electron chi connectivity index (χ2n) is 4.92. The fraction of sp³-hybridized carbons (Fsp3) is 0.333. The highest BCUT2D eigenvalue weighted by Crippen LogP contribution is 2.32. The van der Waals surface area contributed by atoms with E-state index in [4.69, 9.17) is 4.74 Å². The third-order valence-electron chi connectivity index (χ3n) is 2.58. The van der Waals surface area contributed by atoms with Crippen LogP contribution in [0.3, 0.4) is 0 Å². The molecule has 0 radical (unpaired) electrons. The number of nitrogens with one attached hydrogen (secondary N) is 1. The van der Waals surface area contributed by atoms with Crippen molar-refractivity contribution in [1.82, 2.24) is 0 Å². The second-order valence-corrected chi connectivity index (χ2v) is 8.23. The molecule has 1 aromatic carbocycles. The van der Waals surface area contributed by atoms with Gasteiger partial charge < -0.3 is 10.1 Å². The quantitative estimate of drug-likeness (QED) is 0.628. The molecule has 1 aromatic heterocycles. The normalized spacial score (nSPS) is 10.8. The van der Waals surface area contributed by atoms with E-state index < -0.39 is 0 Å². The number of hydrogen-bond acceptors (Lipinski definition) is 3. The van der Waals surface area contributed by atoms with Crippen LogP contribution in [0.4, 0.5) is 5.69 Å². The summed E-state index contributed by atoms with van der Waals surface area (Å²) in [6, 6.07) is 10.2. The standard InChI is InChI=1S/C15H17Br2NOS/c1-10(2)9-19-12-5-3-4-11(6-12)18-8-13-7-14(16)15(17)20-13/h3-7,10,18H,8-9H2,1-2H3. The Balaban J connectivity index is 1.94. The molecule has 0 amide bonds. The molecule has 0 atom stereocenters. The molecular weight excluding hydrogens is 402 g/mol. The summed E-state index contributed by atoms with van der Waals surface area (Å²) < 4.78 is 7.96. The molecule has 0 spiro atoms. The zero-order valence-electron chi connectivity index (χ0n) is 11.5. The average Bonchev–Trinajstić information content (AvgIpc) is 2.74. The minimum Gasteiger partial charge on any atom is -0.493 e. The molecular formula is C15H17Br2NOS. The van der Waals surface area contributed by atoms with Crippen molar-refractivity contribution in [1.29, 1.82) is 0 Å². The molecule has 2 aromatic rings. The van der Waals surface area contributed by atoms with Crippen molar-refractivity contribution in [2.24, 2.45) is 5.92 Å². The molecule has 0 aliphatic rings. The van der Waals surface area contributed by atoms with Crippen LogP contribution in [-0.4, -0.2) is 6.61 Å². The first-order valence-electron chi connectivity index (χ1n) is 6.45. The zero-order chi connectivity index (χ0) is 14.5. The maximum Gasteiger partial charge on any atom is 0.121 e. The van der Waals surface area contributed by atoms with Crippen LogP contribution in [0, 0.1) is 5.92 Å². The summed E-state index contributed by atoms with van der Waals surface area (Å²) in [4.78, 5) is 1.28. The Bertz CT molecular complexity index is 549. The van der Waals surface area contributed by atoms with Crippen molar-refractivity contribution in [2.75, 3.05) is 11.9 Å². The molecule has 0 aliphatic heterocycles. The van der Waals surface area contributed by atoms with Crippen molar-refractivity contribution >= 4 is 48.9 Å². The van der Waals surface area contributed by atoms with E-state index in [-0.39, 0.29) is 0 Å². The molecule has 0 aliphatic carbocycles. The number of ether oxygens (including phenoxy) is 1. The van der Waals surface area contributed by atoms with Gasteiger partial charge in [0, 0.05) is 27.6 Å². The van der Waals surface area contributed by atoms with Gasteiger partial charge in [-0.15, -0.1) is 11.3 Å². The van der Waals surface area contributed by atoms with E-state index in [2.05, 4.69) is 63.2 Å². The Morgan fingerprint density at radius 3 is 2.70 bits per heavy atom. The maximum absolute atomic E-state index is 5.73. The largest absolute Gasteiger partial charge is 0.493 e. The SMILES string of the molecule is CC(C)COc1cccc(NCc2cc(Br)c(Br)s2)c1. The molecule has 20 heavy (non-hydrogen) atoms. The van der Waals surface area contributed by atoms with Gasteiger partial charge in [-0.3, -0.25) is 0 Å². The summed E-state index contributed by atoms with van der Waals surface area (Å²) in [5.41, 5.74) is 1.08. The molecule has 0 saturated carbocycles. The van der Waals surface area contributed by atoms with Crippen LogP contribution >= 0.6 is 43.2 Å². The molecule has 1 N–H and O–H groups in total. The number of hydrogen-bond donors (Lipinski definition) is 1. The zero-order valence-corrected chi connectivity index (χ0v) is 15.4. The Morgan fingerprint density at radius 2 is 2.05 bits per heavy atom. The summed E-state index contributed by atoms with van der Waals surface area (Å²) in [5.74, 6) is 1.45. The van der Waals surface area contributed by atoms with Gasteiger partial charge in [-0.1, -0.05) is 19.9 Å². The second kappa shape index (κ2) is 7.48. The highest BCUT2D eigenvalue weighted by atomic mass is 79.9. The van der Waals surface area contributed by atoms with E-state index in [0.29, 0.717) is 5.92 Å². The van der Waals surface area contributed by atoms with Gasteiger partial charge in [0.2, 0.25) is 0 Å². The van der Waals surface area contributed by atoms with Crippen molar-refractivity contribution < 1.29 is 4.74 Å². The highest BCUT2D eigenvalue weighted by Gasteiger charge is 2.04. The van der Waals surface area contributed by atoms with Gasteiger partial charge in [0.15, 0.2) is 0 Å². The Hall–Kier alpha value is -0.520. The minimum absolute atomic E-state index is 0.535. The highest BCUT2D eigenvalue weighted by molar-refractivity contribution is 9.13. The topological polar surface area (TPSA) is 21.3 Å². The molecule has 108 valence electrons. The van der Waals surface area contributed by atoms with E-state index in [9.17, 15) is 0 Å². The molecule has 2 nitrogen and oxygen atoms in total. The Kier molecular flexibility index (Phi) is 5.93. The van der Waals surface area contributed by atoms with Crippen LogP contribution in [0.15, 0.2) is 38.6 Å². The smallest absolute Gasteiger partial charge is 0.121 e. The summed E-state index contributed by atoms with van der Waals surface area (Å²) in [7, 11) is 0. The van der Waals surface area contributed by atoms with Gasteiger partial charge >= 0.3 is 0 Å². The number of rotatable bonds is 6. The lowest BCUT2D eigenvalue weighted by atomic mass is 10.2. The monoisotopic (exact) mass is 417 g/mol. The lowest BCUT2D eigenvalue weighted by molar-refractivity contribution is 0.271. The predicted octanol–water partition coefficient (Wildman–Crippen LogP) is 5.92. The van der Waals surface area contributed by atoms with E-state index >= 15 is 0 Å². The first-order chi connectivity index (χ1) is 9.54. The van der Waals surface area contributed by atoms with Crippen LogP contribution in [0.25, 0.3) is 0 Å². The summed E-state index contributed by atoms with van der Waals surface area (Å²) >= 11 is 8.74. The van der Waals surface area contributed by atoms with Gasteiger partial charge in [0.25, 0.3) is 0 Å². The minimum atomic E-state index is 0.535. The van der Waals surface area contributed by atoms with Gasteiger partial charge in [-0.05, 0) is 56.0 Å². The molecule has 0 fully saturated rings. The predicted molar refractivity (Wildman–Crippen MR) is 93.8 cm³/mol. The van der Waals surface area contributed by atoms with Crippen LogP contribution in [0.5, 0.6) is 5.75 Å². The van der Waals surface area contributed by atoms with E-state index in [1.54, 1.807) is 11.3 Å². The van der Waals surface area contributed by atoms with Crippen LogP contribution in [0.2, 0.25) is 0 Å². The molecule has 0 saturated heterocycles. The molecule has 0 bridgehead atoms. The lowest BCUT2D eigenvalue weighted by Crippen LogP contribution is -2.05. The lowest BCUT2D eigenvalue weighted by Gasteiger charge is -2.10. The number of benzene rings is 1. The van der Waals surface area contributed by atoms with E-state index in [1.165, 1.54) is 4.88 Å². The fourth-order valence-corrected chi connectivity index (χ4v) is 3.74. The van der Waals surface area contributed by atoms with Crippen molar-refractivity contribution in [3.63, 3.8) is 0 Å². The van der Waals surface area contributed by atoms with E-state index in [0.717, 1.165) is 32.8 Å². The van der Waals surface area contributed by atoms with Crippen LogP contribution in [0.1, 0.15) is 18.7 Å². The summed E-state index contributed by atoms with van der Waals surface area (Å²) in [5, 5.41) is 3.42. The molecule has 2 rings (SSSR count). The van der Waals surface area contributed by atoms with Crippen molar-refractivity contribution in [3.05, 3.63) is 43.5 Å². The third kappa shape index (κ3) is 4.79. The van der Waals surface area contributed by atoms with E-state index in [1.807, 2.05) is 18.2 Å². The first-order valence-corrected chi connectivity index (χ1v) is 8.85. The van der Waals surface area contributed by atoms with Crippen LogP contribution in [-0.2, 0) is 6.54 Å².